The fraction of sp³-hybridized carbons (Fsp3) is 0.900. The van der Waals surface area contributed by atoms with Gasteiger partial charge in [0.05, 0.1) is 0 Å². The summed E-state index contributed by atoms with van der Waals surface area (Å²) in [5.74, 6) is 0. The van der Waals surface area contributed by atoms with E-state index in [9.17, 15) is 4.79 Å². The van der Waals surface area contributed by atoms with Crippen molar-refractivity contribution in [3.8, 4) is 0 Å². The first-order valence-electron chi connectivity index (χ1n) is 4.98. The van der Waals surface area contributed by atoms with Crippen LogP contribution in [0, 0.1) is 5.41 Å². The molecule has 0 fully saturated rings. The summed E-state index contributed by atoms with van der Waals surface area (Å²) in [6.07, 6.45) is 0.980. The van der Waals surface area contributed by atoms with Gasteiger partial charge in [-0.15, -0.1) is 0 Å². The molecule has 1 amide bonds. The number of nitrogens with zero attached hydrogens (tertiary/aromatic N) is 1. The first kappa shape index (κ1) is 13.2. The van der Waals surface area contributed by atoms with Gasteiger partial charge < -0.3 is 15.7 Å². The van der Waals surface area contributed by atoms with Crippen molar-refractivity contribution in [3.63, 3.8) is 0 Å². The van der Waals surface area contributed by atoms with Gasteiger partial charge in [0.15, 0.2) is 0 Å². The zero-order valence-electron chi connectivity index (χ0n) is 9.58. The van der Waals surface area contributed by atoms with Gasteiger partial charge in [0.2, 0.25) is 0 Å². The van der Waals surface area contributed by atoms with Crippen molar-refractivity contribution in [1.29, 1.82) is 0 Å². The molecular weight excluding hydrogens is 180 g/mol. The monoisotopic (exact) mass is 202 g/mol. The maximum Gasteiger partial charge on any atom is 0.407 e. The zero-order valence-corrected chi connectivity index (χ0v) is 9.58. The standard InChI is InChI=1S/C10H22N2O2/c1-5-10(2,3)6-8(11)7-12(4)9(13)14/h8H,5-7,11H2,1-4H3,(H,13,14). The molecule has 0 aliphatic heterocycles. The van der Waals surface area contributed by atoms with Gasteiger partial charge in [-0.05, 0) is 11.8 Å². The predicted molar refractivity (Wildman–Crippen MR) is 57.3 cm³/mol. The number of amides is 1. The molecule has 0 bridgehead atoms. The van der Waals surface area contributed by atoms with Gasteiger partial charge in [-0.2, -0.15) is 0 Å². The summed E-state index contributed by atoms with van der Waals surface area (Å²) in [7, 11) is 1.54. The molecule has 0 aliphatic carbocycles. The Bertz CT molecular complexity index is 193. The Morgan fingerprint density at radius 3 is 2.43 bits per heavy atom. The minimum atomic E-state index is -0.922. The van der Waals surface area contributed by atoms with Gasteiger partial charge in [-0.3, -0.25) is 0 Å². The quantitative estimate of drug-likeness (QED) is 0.713. The molecule has 0 rings (SSSR count). The van der Waals surface area contributed by atoms with Crippen molar-refractivity contribution in [1.82, 2.24) is 4.90 Å². The van der Waals surface area contributed by atoms with Crippen LogP contribution in [-0.2, 0) is 0 Å². The van der Waals surface area contributed by atoms with Crippen molar-refractivity contribution >= 4 is 6.09 Å². The first-order chi connectivity index (χ1) is 6.28. The number of nitrogens with two attached hydrogens (primary N) is 1. The van der Waals surface area contributed by atoms with Crippen molar-refractivity contribution in [2.24, 2.45) is 11.1 Å². The Morgan fingerprint density at radius 1 is 1.57 bits per heavy atom. The maximum absolute atomic E-state index is 10.5. The van der Waals surface area contributed by atoms with Crippen molar-refractivity contribution in [2.75, 3.05) is 13.6 Å². The van der Waals surface area contributed by atoms with E-state index in [0.717, 1.165) is 12.8 Å². The van der Waals surface area contributed by atoms with E-state index in [2.05, 4.69) is 20.8 Å². The molecule has 0 saturated carbocycles. The van der Waals surface area contributed by atoms with E-state index >= 15 is 0 Å². The summed E-state index contributed by atoms with van der Waals surface area (Å²) in [6.45, 7) is 6.81. The number of hydrogen-bond donors (Lipinski definition) is 2. The normalized spacial score (nSPS) is 13.8. The average molecular weight is 202 g/mol. The van der Waals surface area contributed by atoms with Gasteiger partial charge in [0.25, 0.3) is 0 Å². The molecule has 0 aromatic rings. The Hall–Kier alpha value is -0.770. The van der Waals surface area contributed by atoms with Crippen LogP contribution in [0.1, 0.15) is 33.6 Å². The van der Waals surface area contributed by atoms with Gasteiger partial charge >= 0.3 is 6.09 Å². The Balaban J connectivity index is 3.98. The second-order valence-electron chi connectivity index (χ2n) is 4.65. The lowest BCUT2D eigenvalue weighted by Crippen LogP contribution is -2.40. The second kappa shape index (κ2) is 5.20. The minimum Gasteiger partial charge on any atom is -0.465 e. The van der Waals surface area contributed by atoms with Gasteiger partial charge in [-0.1, -0.05) is 27.2 Å². The van der Waals surface area contributed by atoms with E-state index in [4.69, 9.17) is 10.8 Å². The Morgan fingerprint density at radius 2 is 2.07 bits per heavy atom. The maximum atomic E-state index is 10.5. The van der Waals surface area contributed by atoms with Crippen molar-refractivity contribution < 1.29 is 9.90 Å². The van der Waals surface area contributed by atoms with Gasteiger partial charge in [-0.25, -0.2) is 4.79 Å². The van der Waals surface area contributed by atoms with Crippen LogP contribution in [-0.4, -0.2) is 35.7 Å². The van der Waals surface area contributed by atoms with Crippen LogP contribution >= 0.6 is 0 Å². The van der Waals surface area contributed by atoms with Crippen LogP contribution in [0.15, 0.2) is 0 Å². The SMILES string of the molecule is CCC(C)(C)CC(N)CN(C)C(=O)O. The van der Waals surface area contributed by atoms with Crippen molar-refractivity contribution in [2.45, 2.75) is 39.7 Å². The molecule has 14 heavy (non-hydrogen) atoms. The highest BCUT2D eigenvalue weighted by molar-refractivity contribution is 5.64. The number of hydrogen-bond acceptors (Lipinski definition) is 2. The molecule has 4 heteroatoms. The lowest BCUT2D eigenvalue weighted by molar-refractivity contribution is 0.149. The molecule has 1 atom stereocenters. The fourth-order valence-corrected chi connectivity index (χ4v) is 1.35. The molecule has 1 unspecified atom stereocenters. The zero-order chi connectivity index (χ0) is 11.4. The lowest BCUT2D eigenvalue weighted by atomic mass is 9.83. The minimum absolute atomic E-state index is 0.0777. The molecule has 3 N–H and O–H groups in total. The fourth-order valence-electron chi connectivity index (χ4n) is 1.35. The summed E-state index contributed by atoms with van der Waals surface area (Å²) in [6, 6.07) is -0.0777. The highest BCUT2D eigenvalue weighted by Crippen LogP contribution is 2.25. The van der Waals surface area contributed by atoms with Crippen LogP contribution in [0.2, 0.25) is 0 Å². The third kappa shape index (κ3) is 5.07. The lowest BCUT2D eigenvalue weighted by Gasteiger charge is -2.28. The van der Waals surface area contributed by atoms with Crippen LogP contribution in [0.5, 0.6) is 0 Å². The third-order valence-corrected chi connectivity index (χ3v) is 2.61. The van der Waals surface area contributed by atoms with E-state index in [1.165, 1.54) is 4.90 Å². The second-order valence-corrected chi connectivity index (χ2v) is 4.65. The van der Waals surface area contributed by atoms with E-state index in [1.807, 2.05) is 0 Å². The molecule has 0 heterocycles. The number of likely N-dealkylation sites (N-methyl/N-ethyl adjacent to an activating group) is 1. The van der Waals surface area contributed by atoms with E-state index < -0.39 is 6.09 Å². The largest absolute Gasteiger partial charge is 0.465 e. The van der Waals surface area contributed by atoms with Crippen LogP contribution in [0.3, 0.4) is 0 Å². The molecule has 0 aromatic heterocycles. The van der Waals surface area contributed by atoms with Crippen LogP contribution < -0.4 is 5.73 Å². The smallest absolute Gasteiger partial charge is 0.407 e. The van der Waals surface area contributed by atoms with E-state index in [-0.39, 0.29) is 11.5 Å². The third-order valence-electron chi connectivity index (χ3n) is 2.61. The van der Waals surface area contributed by atoms with E-state index in [1.54, 1.807) is 7.05 Å². The molecule has 0 aliphatic rings. The summed E-state index contributed by atoms with van der Waals surface area (Å²) in [5.41, 5.74) is 6.06. The number of carbonyl (C=O) groups is 1. The average Bonchev–Trinajstić information content (AvgIpc) is 2.02. The predicted octanol–water partition coefficient (Wildman–Crippen LogP) is 1.75. The highest BCUT2D eigenvalue weighted by atomic mass is 16.4. The first-order valence-corrected chi connectivity index (χ1v) is 4.98. The highest BCUT2D eigenvalue weighted by Gasteiger charge is 2.21. The summed E-state index contributed by atoms with van der Waals surface area (Å²) >= 11 is 0. The Labute approximate surface area is 86.1 Å². The van der Waals surface area contributed by atoms with Crippen LogP contribution in [0.4, 0.5) is 4.79 Å². The van der Waals surface area contributed by atoms with Crippen molar-refractivity contribution in [3.05, 3.63) is 0 Å². The molecule has 84 valence electrons. The summed E-state index contributed by atoms with van der Waals surface area (Å²) < 4.78 is 0. The Kier molecular flexibility index (Phi) is 4.91. The van der Waals surface area contributed by atoms with Crippen LogP contribution in [0.25, 0.3) is 0 Å². The van der Waals surface area contributed by atoms with Gasteiger partial charge in [0, 0.05) is 19.6 Å². The molecule has 0 radical (unpaired) electrons. The number of rotatable bonds is 5. The van der Waals surface area contributed by atoms with Gasteiger partial charge in [0.1, 0.15) is 0 Å². The molecule has 0 aromatic carbocycles. The molecule has 4 nitrogen and oxygen atoms in total. The molecule has 0 saturated heterocycles. The number of carboxylic acid groups (broad SMARTS) is 1. The summed E-state index contributed by atoms with van der Waals surface area (Å²) in [4.78, 5) is 11.8. The van der Waals surface area contributed by atoms with E-state index in [0.29, 0.717) is 6.54 Å². The summed E-state index contributed by atoms with van der Waals surface area (Å²) in [5, 5.41) is 8.66. The molecule has 0 spiro atoms. The molecular formula is C10H22N2O2. The topological polar surface area (TPSA) is 66.6 Å².